The molecule has 7 aromatic carbocycles. The Morgan fingerprint density at radius 2 is 0.942 bits per heavy atom. The third kappa shape index (κ3) is 4.06. The quantitative estimate of drug-likeness (QED) is 0.188. The van der Waals surface area contributed by atoms with Crippen molar-refractivity contribution in [2.75, 3.05) is 0 Å². The van der Waals surface area contributed by atoms with E-state index in [9.17, 15) is 0 Å². The molecule has 9 aromatic rings. The van der Waals surface area contributed by atoms with Crippen LogP contribution in [0.2, 0.25) is 0 Å². The molecule has 2 aliphatic rings. The number of fused-ring (bicyclic) bond motifs is 12. The third-order valence-electron chi connectivity index (χ3n) is 10.8. The SMILES string of the molecule is c1ccc(-c2cc(-c3ccccc3)nc(-c3cccc(-c4ccc5c(c4)C4(c6ccccc6-c6ccccc64)c4nc6ccccc6n4-5)c3)n2)cc1. The van der Waals surface area contributed by atoms with Gasteiger partial charge in [-0.2, -0.15) is 0 Å². The zero-order valence-corrected chi connectivity index (χ0v) is 28.1. The van der Waals surface area contributed by atoms with Crippen LogP contribution in [0.1, 0.15) is 22.5 Å². The molecule has 0 unspecified atom stereocenters. The van der Waals surface area contributed by atoms with Gasteiger partial charge in [0.05, 0.1) is 28.1 Å². The van der Waals surface area contributed by atoms with Gasteiger partial charge in [-0.1, -0.05) is 146 Å². The minimum Gasteiger partial charge on any atom is -0.295 e. The number of benzene rings is 7. The van der Waals surface area contributed by atoms with Crippen molar-refractivity contribution in [2.24, 2.45) is 0 Å². The number of hydrogen-bond acceptors (Lipinski definition) is 3. The van der Waals surface area contributed by atoms with E-state index >= 15 is 0 Å². The maximum Gasteiger partial charge on any atom is 0.160 e. The lowest BCUT2D eigenvalue weighted by molar-refractivity contribution is 0.738. The molecule has 0 fully saturated rings. The maximum absolute atomic E-state index is 5.41. The van der Waals surface area contributed by atoms with Gasteiger partial charge < -0.3 is 0 Å². The van der Waals surface area contributed by atoms with E-state index in [-0.39, 0.29) is 0 Å². The van der Waals surface area contributed by atoms with E-state index in [1.54, 1.807) is 0 Å². The first-order valence-electron chi connectivity index (χ1n) is 17.7. The monoisotopic (exact) mass is 662 g/mol. The van der Waals surface area contributed by atoms with Gasteiger partial charge in [0.2, 0.25) is 0 Å². The Morgan fingerprint density at radius 1 is 0.385 bits per heavy atom. The minimum absolute atomic E-state index is 0.549. The van der Waals surface area contributed by atoms with Crippen molar-refractivity contribution in [3.05, 3.63) is 205 Å². The number of para-hydroxylation sites is 2. The van der Waals surface area contributed by atoms with E-state index in [1.165, 1.54) is 33.5 Å². The average Bonchev–Trinajstić information content (AvgIpc) is 3.85. The number of rotatable bonds is 4. The predicted molar refractivity (Wildman–Crippen MR) is 209 cm³/mol. The molecule has 3 heterocycles. The van der Waals surface area contributed by atoms with Gasteiger partial charge in [-0.05, 0) is 75.3 Å². The highest BCUT2D eigenvalue weighted by Gasteiger charge is 2.54. The van der Waals surface area contributed by atoms with Crippen LogP contribution >= 0.6 is 0 Å². The van der Waals surface area contributed by atoms with Crippen LogP contribution in [0.4, 0.5) is 0 Å². The fraction of sp³-hybridized carbons (Fsp3) is 0.0208. The summed E-state index contributed by atoms with van der Waals surface area (Å²) in [6.07, 6.45) is 0. The molecule has 0 saturated carbocycles. The fourth-order valence-electron chi connectivity index (χ4n) is 8.55. The van der Waals surface area contributed by atoms with Crippen LogP contribution in [-0.4, -0.2) is 19.5 Å². The van der Waals surface area contributed by atoms with Crippen molar-refractivity contribution in [1.29, 1.82) is 0 Å². The highest BCUT2D eigenvalue weighted by Crippen LogP contribution is 2.60. The Hall–Kier alpha value is -6.91. The van der Waals surface area contributed by atoms with Crippen LogP contribution in [0.3, 0.4) is 0 Å². The van der Waals surface area contributed by atoms with E-state index in [1.807, 2.05) is 12.1 Å². The second kappa shape index (κ2) is 11.0. The lowest BCUT2D eigenvalue weighted by Crippen LogP contribution is -2.27. The van der Waals surface area contributed by atoms with Gasteiger partial charge >= 0.3 is 0 Å². The van der Waals surface area contributed by atoms with E-state index in [0.717, 1.165) is 56.1 Å². The van der Waals surface area contributed by atoms with Gasteiger partial charge in [0.15, 0.2) is 5.82 Å². The summed E-state index contributed by atoms with van der Waals surface area (Å²) < 4.78 is 2.39. The summed E-state index contributed by atoms with van der Waals surface area (Å²) in [7, 11) is 0. The Labute approximate surface area is 301 Å². The molecule has 1 aliphatic carbocycles. The van der Waals surface area contributed by atoms with Gasteiger partial charge in [-0.15, -0.1) is 0 Å². The molecule has 1 spiro atoms. The highest BCUT2D eigenvalue weighted by atomic mass is 15.1. The molecule has 52 heavy (non-hydrogen) atoms. The first kappa shape index (κ1) is 28.9. The largest absolute Gasteiger partial charge is 0.295 e. The van der Waals surface area contributed by atoms with Crippen LogP contribution in [0.25, 0.3) is 72.9 Å². The molecule has 0 N–H and O–H groups in total. The summed E-state index contributed by atoms with van der Waals surface area (Å²) >= 11 is 0. The van der Waals surface area contributed by atoms with Crippen LogP contribution in [0.15, 0.2) is 182 Å². The Bertz CT molecular complexity index is 2750. The molecule has 1 aliphatic heterocycles. The molecular formula is C48H30N4. The van der Waals surface area contributed by atoms with Gasteiger partial charge in [0.25, 0.3) is 0 Å². The second-order valence-electron chi connectivity index (χ2n) is 13.6. The summed E-state index contributed by atoms with van der Waals surface area (Å²) in [5, 5.41) is 0. The Balaban J connectivity index is 1.12. The van der Waals surface area contributed by atoms with E-state index in [4.69, 9.17) is 15.0 Å². The summed E-state index contributed by atoms with van der Waals surface area (Å²) in [5.74, 6) is 1.75. The minimum atomic E-state index is -0.549. The van der Waals surface area contributed by atoms with Crippen LogP contribution in [0.5, 0.6) is 0 Å². The standard InChI is InChI=1S/C48H30N4/c1-3-14-31(15-4-1)42-30-43(32-16-5-2-6-17-32)50-46(49-42)35-19-13-18-33(28-35)34-26-27-44-40(29-34)48(47-51-41-24-11-12-25-45(41)52(44)47)38-22-9-7-20-36(38)37-21-8-10-23-39(37)48/h1-30H. The van der Waals surface area contributed by atoms with Crippen molar-refractivity contribution in [3.63, 3.8) is 0 Å². The van der Waals surface area contributed by atoms with Crippen molar-refractivity contribution in [3.8, 4) is 61.8 Å². The topological polar surface area (TPSA) is 43.6 Å². The Morgan fingerprint density at radius 3 is 1.63 bits per heavy atom. The van der Waals surface area contributed by atoms with E-state index < -0.39 is 5.41 Å². The highest BCUT2D eigenvalue weighted by molar-refractivity contribution is 5.92. The fourth-order valence-corrected chi connectivity index (χ4v) is 8.55. The van der Waals surface area contributed by atoms with E-state index in [2.05, 4.69) is 174 Å². The van der Waals surface area contributed by atoms with Crippen molar-refractivity contribution < 1.29 is 0 Å². The molecule has 2 aromatic heterocycles. The lowest BCUT2D eigenvalue weighted by Gasteiger charge is -2.27. The molecule has 0 amide bonds. The molecule has 0 saturated heterocycles. The van der Waals surface area contributed by atoms with Crippen LogP contribution in [-0.2, 0) is 5.41 Å². The van der Waals surface area contributed by atoms with Crippen LogP contribution < -0.4 is 0 Å². The third-order valence-corrected chi connectivity index (χ3v) is 10.8. The molecule has 0 radical (unpaired) electrons. The molecule has 0 atom stereocenters. The zero-order chi connectivity index (χ0) is 34.2. The van der Waals surface area contributed by atoms with Gasteiger partial charge in [0.1, 0.15) is 11.2 Å². The molecule has 4 nitrogen and oxygen atoms in total. The number of hydrogen-bond donors (Lipinski definition) is 0. The van der Waals surface area contributed by atoms with Crippen molar-refractivity contribution in [1.82, 2.24) is 19.5 Å². The average molecular weight is 663 g/mol. The summed E-state index contributed by atoms with van der Waals surface area (Å²) in [5.41, 5.74) is 16.2. The molecule has 4 heteroatoms. The normalized spacial score (nSPS) is 13.2. The zero-order valence-electron chi connectivity index (χ0n) is 28.1. The van der Waals surface area contributed by atoms with Gasteiger partial charge in [0, 0.05) is 16.7 Å². The van der Waals surface area contributed by atoms with Gasteiger partial charge in [-0.25, -0.2) is 15.0 Å². The first-order valence-corrected chi connectivity index (χ1v) is 17.7. The summed E-state index contributed by atoms with van der Waals surface area (Å²) in [6.45, 7) is 0. The molecule has 0 bridgehead atoms. The van der Waals surface area contributed by atoms with E-state index in [0.29, 0.717) is 5.82 Å². The Kier molecular flexibility index (Phi) is 6.13. The van der Waals surface area contributed by atoms with Crippen LogP contribution in [0, 0.1) is 0 Å². The first-order chi connectivity index (χ1) is 25.8. The molecular weight excluding hydrogens is 633 g/mol. The number of nitrogens with zero attached hydrogens (tertiary/aromatic N) is 4. The summed E-state index contributed by atoms with van der Waals surface area (Å²) in [6, 6.07) is 64.6. The predicted octanol–water partition coefficient (Wildman–Crippen LogP) is 11.2. The van der Waals surface area contributed by atoms with Crippen molar-refractivity contribution >= 4 is 11.0 Å². The van der Waals surface area contributed by atoms with Crippen molar-refractivity contribution in [2.45, 2.75) is 5.41 Å². The molecule has 242 valence electrons. The summed E-state index contributed by atoms with van der Waals surface area (Å²) in [4.78, 5) is 15.7. The smallest absolute Gasteiger partial charge is 0.160 e. The number of imidazole rings is 1. The maximum atomic E-state index is 5.41. The second-order valence-corrected chi connectivity index (χ2v) is 13.6. The molecule has 11 rings (SSSR count). The van der Waals surface area contributed by atoms with Gasteiger partial charge in [-0.3, -0.25) is 4.57 Å². The number of aromatic nitrogens is 4. The lowest BCUT2D eigenvalue weighted by atomic mass is 9.72.